The number of hydrogen-bond acceptors (Lipinski definition) is 4. The average molecular weight is 418 g/mol. The Morgan fingerprint density at radius 3 is 2.33 bits per heavy atom. The Hall–Kier alpha value is -3.03. The number of nitrogens with zero attached hydrogens (tertiary/aromatic N) is 2. The van der Waals surface area contributed by atoms with Crippen LogP contribution in [0.2, 0.25) is 5.02 Å². The topological polar surface area (TPSA) is 70.1 Å². The Balaban J connectivity index is 1.98. The van der Waals surface area contributed by atoms with E-state index < -0.39 is 5.92 Å². The maximum atomic E-state index is 13.4. The Bertz CT molecular complexity index is 1120. The highest BCUT2D eigenvalue weighted by atomic mass is 35.5. The fourth-order valence-electron chi connectivity index (χ4n) is 4.49. The van der Waals surface area contributed by atoms with Crippen LogP contribution in [0.25, 0.3) is 0 Å². The molecule has 30 heavy (non-hydrogen) atoms. The molecule has 0 aromatic heterocycles. The lowest BCUT2D eigenvalue weighted by molar-refractivity contribution is -0.118. The summed E-state index contributed by atoms with van der Waals surface area (Å²) in [6.45, 7) is 6.21. The number of carbonyl (C=O) groups excluding carboxylic acids is 1. The first-order chi connectivity index (χ1) is 14.2. The van der Waals surface area contributed by atoms with E-state index in [0.717, 1.165) is 22.5 Å². The zero-order valence-corrected chi connectivity index (χ0v) is 18.1. The summed E-state index contributed by atoms with van der Waals surface area (Å²) in [7, 11) is 0. The molecule has 0 radical (unpaired) electrons. The standard InChI is InChI=1S/C25H24ClN3O/c1-15-4-10-18(11-5-15)29-20-12-25(2,3)13-21(30)23(20)22(19(14-27)24(29)28)16-6-8-17(26)9-7-16/h4-11,22H,12-13,28H2,1-3H3. The molecule has 0 saturated heterocycles. The third-order valence-electron chi connectivity index (χ3n) is 5.88. The number of hydrogen-bond donors (Lipinski definition) is 1. The smallest absolute Gasteiger partial charge is 0.162 e. The van der Waals surface area contributed by atoms with Gasteiger partial charge in [-0.2, -0.15) is 5.26 Å². The van der Waals surface area contributed by atoms with Gasteiger partial charge in [0.05, 0.1) is 17.6 Å². The van der Waals surface area contributed by atoms with Crippen molar-refractivity contribution >= 4 is 23.1 Å². The number of carbonyl (C=O) groups is 1. The number of ketones is 1. The van der Waals surface area contributed by atoms with Gasteiger partial charge in [-0.3, -0.25) is 9.69 Å². The van der Waals surface area contributed by atoms with Crippen LogP contribution in [-0.2, 0) is 4.79 Å². The normalized spacial score (nSPS) is 20.8. The molecule has 1 aliphatic heterocycles. The molecular weight excluding hydrogens is 394 g/mol. The molecule has 4 rings (SSSR count). The van der Waals surface area contributed by atoms with Crippen LogP contribution < -0.4 is 10.6 Å². The van der Waals surface area contributed by atoms with Crippen LogP contribution in [0.15, 0.2) is 71.2 Å². The van der Waals surface area contributed by atoms with Crippen molar-refractivity contribution in [2.75, 3.05) is 4.90 Å². The zero-order valence-electron chi connectivity index (χ0n) is 17.4. The molecule has 0 amide bonds. The van der Waals surface area contributed by atoms with Crippen molar-refractivity contribution in [1.82, 2.24) is 0 Å². The average Bonchev–Trinajstić information content (AvgIpc) is 2.68. The zero-order chi connectivity index (χ0) is 21.6. The van der Waals surface area contributed by atoms with E-state index in [1.165, 1.54) is 0 Å². The van der Waals surface area contributed by atoms with Gasteiger partial charge in [-0.15, -0.1) is 0 Å². The fraction of sp³-hybridized carbons (Fsp3) is 0.280. The molecule has 1 aliphatic carbocycles. The Labute approximate surface area is 182 Å². The minimum Gasteiger partial charge on any atom is -0.384 e. The molecule has 152 valence electrons. The number of anilines is 1. The summed E-state index contributed by atoms with van der Waals surface area (Å²) in [5.41, 5.74) is 11.2. The predicted molar refractivity (Wildman–Crippen MR) is 120 cm³/mol. The molecular formula is C25H24ClN3O. The van der Waals surface area contributed by atoms with Crippen LogP contribution in [0.4, 0.5) is 5.69 Å². The Kier molecular flexibility index (Phi) is 4.95. The van der Waals surface area contributed by atoms with Gasteiger partial charge >= 0.3 is 0 Å². The van der Waals surface area contributed by atoms with Crippen LogP contribution in [0.5, 0.6) is 0 Å². The lowest BCUT2D eigenvalue weighted by Crippen LogP contribution is -2.42. The minimum atomic E-state index is -0.479. The van der Waals surface area contributed by atoms with Crippen LogP contribution in [0.1, 0.15) is 43.7 Å². The first-order valence-corrected chi connectivity index (χ1v) is 10.4. The molecule has 2 N–H and O–H groups in total. The van der Waals surface area contributed by atoms with Crippen molar-refractivity contribution in [2.45, 2.75) is 39.5 Å². The molecule has 1 atom stereocenters. The van der Waals surface area contributed by atoms with Crippen molar-refractivity contribution in [1.29, 1.82) is 5.26 Å². The molecule has 0 spiro atoms. The lowest BCUT2D eigenvalue weighted by Gasteiger charge is -2.43. The molecule has 2 aromatic carbocycles. The van der Waals surface area contributed by atoms with E-state index in [9.17, 15) is 10.1 Å². The van der Waals surface area contributed by atoms with E-state index >= 15 is 0 Å². The maximum Gasteiger partial charge on any atom is 0.162 e. The number of nitriles is 1. The van der Waals surface area contributed by atoms with E-state index in [4.69, 9.17) is 17.3 Å². The maximum absolute atomic E-state index is 13.4. The van der Waals surface area contributed by atoms with E-state index in [1.807, 2.05) is 48.2 Å². The summed E-state index contributed by atoms with van der Waals surface area (Å²) < 4.78 is 0. The summed E-state index contributed by atoms with van der Waals surface area (Å²) in [5, 5.41) is 10.7. The highest BCUT2D eigenvalue weighted by molar-refractivity contribution is 6.30. The van der Waals surface area contributed by atoms with E-state index in [2.05, 4.69) is 19.9 Å². The predicted octanol–water partition coefficient (Wildman–Crippen LogP) is 5.59. The summed E-state index contributed by atoms with van der Waals surface area (Å²) in [6.07, 6.45) is 1.14. The van der Waals surface area contributed by atoms with Gasteiger partial charge in [-0.25, -0.2) is 0 Å². The fourth-order valence-corrected chi connectivity index (χ4v) is 4.61. The number of allylic oxidation sites excluding steroid dienone is 3. The summed E-state index contributed by atoms with van der Waals surface area (Å²) in [4.78, 5) is 15.3. The monoisotopic (exact) mass is 417 g/mol. The van der Waals surface area contributed by atoms with Gasteiger partial charge in [0.1, 0.15) is 5.82 Å². The third kappa shape index (κ3) is 3.40. The number of nitrogens with two attached hydrogens (primary N) is 1. The van der Waals surface area contributed by atoms with Crippen molar-refractivity contribution in [3.63, 3.8) is 0 Å². The second-order valence-electron chi connectivity index (χ2n) is 8.87. The van der Waals surface area contributed by atoms with Crippen molar-refractivity contribution in [3.05, 3.63) is 87.3 Å². The first kappa shape index (κ1) is 20.3. The highest BCUT2D eigenvalue weighted by Gasteiger charge is 2.44. The number of rotatable bonds is 2. The molecule has 0 saturated carbocycles. The van der Waals surface area contributed by atoms with Gasteiger partial charge in [0, 0.05) is 28.4 Å². The van der Waals surface area contributed by atoms with E-state index in [-0.39, 0.29) is 11.2 Å². The van der Waals surface area contributed by atoms with Crippen molar-refractivity contribution in [2.24, 2.45) is 11.1 Å². The summed E-state index contributed by atoms with van der Waals surface area (Å²) in [5.74, 6) is -0.0309. The summed E-state index contributed by atoms with van der Waals surface area (Å²) in [6, 6.07) is 17.6. The molecule has 5 heteroatoms. The molecule has 4 nitrogen and oxygen atoms in total. The van der Waals surface area contributed by atoms with Gasteiger partial charge in [0.2, 0.25) is 0 Å². The number of aryl methyl sites for hydroxylation is 1. The quantitative estimate of drug-likeness (QED) is 0.691. The summed E-state index contributed by atoms with van der Waals surface area (Å²) >= 11 is 6.08. The minimum absolute atomic E-state index is 0.0681. The van der Waals surface area contributed by atoms with Gasteiger partial charge < -0.3 is 5.73 Å². The van der Waals surface area contributed by atoms with E-state index in [1.54, 1.807) is 12.1 Å². The van der Waals surface area contributed by atoms with Crippen LogP contribution >= 0.6 is 11.6 Å². The molecule has 0 fully saturated rings. The molecule has 1 heterocycles. The van der Waals surface area contributed by atoms with Gasteiger partial charge in [0.25, 0.3) is 0 Å². The third-order valence-corrected chi connectivity index (χ3v) is 6.13. The van der Waals surface area contributed by atoms with E-state index in [0.29, 0.717) is 34.8 Å². The Morgan fingerprint density at radius 2 is 1.73 bits per heavy atom. The molecule has 0 bridgehead atoms. The number of Topliss-reactive ketones (excluding diaryl/α,β-unsaturated/α-hetero) is 1. The lowest BCUT2D eigenvalue weighted by atomic mass is 9.68. The van der Waals surface area contributed by atoms with Gasteiger partial charge in [-0.05, 0) is 48.6 Å². The number of benzene rings is 2. The highest BCUT2D eigenvalue weighted by Crippen LogP contribution is 2.50. The van der Waals surface area contributed by atoms with Crippen LogP contribution in [0.3, 0.4) is 0 Å². The molecule has 1 unspecified atom stereocenters. The Morgan fingerprint density at radius 1 is 1.10 bits per heavy atom. The van der Waals surface area contributed by atoms with Crippen LogP contribution in [0, 0.1) is 23.7 Å². The largest absolute Gasteiger partial charge is 0.384 e. The second kappa shape index (κ2) is 7.34. The van der Waals surface area contributed by atoms with Gasteiger partial charge in [0.15, 0.2) is 5.78 Å². The van der Waals surface area contributed by atoms with Crippen molar-refractivity contribution < 1.29 is 4.79 Å². The second-order valence-corrected chi connectivity index (χ2v) is 9.30. The van der Waals surface area contributed by atoms with Gasteiger partial charge in [-0.1, -0.05) is 55.3 Å². The number of halogens is 1. The van der Waals surface area contributed by atoms with Crippen LogP contribution in [-0.4, -0.2) is 5.78 Å². The first-order valence-electron chi connectivity index (χ1n) is 10.00. The molecule has 2 aliphatic rings. The van der Waals surface area contributed by atoms with Crippen molar-refractivity contribution in [3.8, 4) is 6.07 Å². The molecule has 2 aromatic rings. The SMILES string of the molecule is Cc1ccc(N2C(N)=C(C#N)C(c3ccc(Cl)cc3)C3=C2CC(C)(C)CC3=O)cc1.